The van der Waals surface area contributed by atoms with Crippen LogP contribution in [0.1, 0.15) is 19.3 Å². The van der Waals surface area contributed by atoms with Gasteiger partial charge in [-0.3, -0.25) is 0 Å². The standard InChI is InChI=1S/3C6H7.C6H6.Na/c4*1-2-4-6-5-3-1;/h3*1-5H,6H2;1-6H;/q3*-1;;+1. The molecule has 0 nitrogen and oxygen atoms in total. The summed E-state index contributed by atoms with van der Waals surface area (Å²) in [5.74, 6) is 0. The monoisotopic (exact) mass is 338 g/mol. The molecule has 3 aliphatic rings. The summed E-state index contributed by atoms with van der Waals surface area (Å²) in [4.78, 5) is 0. The molecule has 25 heavy (non-hydrogen) atoms. The van der Waals surface area contributed by atoms with E-state index in [4.69, 9.17) is 0 Å². The van der Waals surface area contributed by atoms with Gasteiger partial charge in [-0.2, -0.15) is 30.7 Å². The molecule has 0 amide bonds. The third-order valence-corrected chi connectivity index (χ3v) is 2.97. The van der Waals surface area contributed by atoms with E-state index in [9.17, 15) is 0 Å². The van der Waals surface area contributed by atoms with Crippen LogP contribution in [0, 0.1) is 19.3 Å². The molecule has 0 atom stereocenters. The second-order valence-corrected chi connectivity index (χ2v) is 5.01. The summed E-state index contributed by atoms with van der Waals surface area (Å²) in [6, 6.07) is 12.0. The summed E-state index contributed by atoms with van der Waals surface area (Å²) >= 11 is 0. The van der Waals surface area contributed by atoms with Crippen molar-refractivity contribution in [3.8, 4) is 0 Å². The topological polar surface area (TPSA) is 0 Å². The molecular weight excluding hydrogens is 311 g/mol. The number of hydrogen-bond donors (Lipinski definition) is 0. The van der Waals surface area contributed by atoms with E-state index in [1.165, 1.54) is 0 Å². The zero-order valence-electron chi connectivity index (χ0n) is 15.2. The fourth-order valence-corrected chi connectivity index (χ4v) is 1.76. The van der Waals surface area contributed by atoms with Crippen LogP contribution in [0.25, 0.3) is 0 Å². The molecule has 0 fully saturated rings. The molecule has 4 rings (SSSR count). The van der Waals surface area contributed by atoms with Gasteiger partial charge in [0.25, 0.3) is 0 Å². The van der Waals surface area contributed by atoms with Crippen LogP contribution in [0.2, 0.25) is 0 Å². The maximum absolute atomic E-state index is 2.12. The van der Waals surface area contributed by atoms with E-state index in [0.29, 0.717) is 0 Å². The van der Waals surface area contributed by atoms with Crippen LogP contribution in [-0.2, 0) is 0 Å². The molecular formula is C24H27Na-2. The molecule has 1 aromatic rings. The summed E-state index contributed by atoms with van der Waals surface area (Å²) in [7, 11) is 0. The maximum atomic E-state index is 2.12. The van der Waals surface area contributed by atoms with Gasteiger partial charge in [0.1, 0.15) is 0 Å². The number of hydrogen-bond acceptors (Lipinski definition) is 0. The minimum Gasteiger partial charge on any atom is -0.228 e. The van der Waals surface area contributed by atoms with E-state index < -0.39 is 0 Å². The van der Waals surface area contributed by atoms with Crippen LogP contribution < -0.4 is 29.6 Å². The van der Waals surface area contributed by atoms with Crippen molar-refractivity contribution in [3.63, 3.8) is 0 Å². The molecule has 0 spiro atoms. The molecule has 3 aliphatic carbocycles. The number of benzene rings is 1. The minimum absolute atomic E-state index is 0. The van der Waals surface area contributed by atoms with Crippen molar-refractivity contribution in [2.24, 2.45) is 0 Å². The van der Waals surface area contributed by atoms with Crippen LogP contribution in [0.15, 0.2) is 109 Å². The van der Waals surface area contributed by atoms with E-state index in [1.807, 2.05) is 55.0 Å². The molecule has 126 valence electrons. The average Bonchev–Trinajstić information content (AvgIpc) is 2.75. The number of allylic oxidation sites excluding steroid dienone is 12. The van der Waals surface area contributed by atoms with Crippen molar-refractivity contribution in [1.82, 2.24) is 0 Å². The number of rotatable bonds is 0. The Morgan fingerprint density at radius 2 is 0.920 bits per heavy atom. The zero-order valence-corrected chi connectivity index (χ0v) is 17.2. The molecule has 0 saturated carbocycles. The van der Waals surface area contributed by atoms with E-state index in [2.05, 4.69) is 73.6 Å². The van der Waals surface area contributed by atoms with Crippen molar-refractivity contribution >= 4 is 0 Å². The first-order valence-electron chi connectivity index (χ1n) is 8.45. The van der Waals surface area contributed by atoms with E-state index in [-0.39, 0.29) is 29.6 Å². The van der Waals surface area contributed by atoms with Crippen molar-refractivity contribution < 1.29 is 29.6 Å². The van der Waals surface area contributed by atoms with Gasteiger partial charge in [-0.05, 0) is 0 Å². The van der Waals surface area contributed by atoms with E-state index >= 15 is 0 Å². The summed E-state index contributed by atoms with van der Waals surface area (Å²) in [6.45, 7) is 0. The maximum Gasteiger partial charge on any atom is 1.00 e. The molecule has 0 aromatic heterocycles. The fourth-order valence-electron chi connectivity index (χ4n) is 1.76. The van der Waals surface area contributed by atoms with Gasteiger partial charge in [-0.1, -0.05) is 49.2 Å². The van der Waals surface area contributed by atoms with Crippen LogP contribution in [0.4, 0.5) is 0 Å². The third-order valence-electron chi connectivity index (χ3n) is 2.97. The van der Waals surface area contributed by atoms with Crippen molar-refractivity contribution in [2.75, 3.05) is 0 Å². The Balaban J connectivity index is 0.000000303. The molecule has 0 unspecified atom stereocenters. The first kappa shape index (κ1) is 23.3. The molecule has 0 radical (unpaired) electrons. The predicted octanol–water partition coefficient (Wildman–Crippen LogP) is 3.81. The second-order valence-electron chi connectivity index (χ2n) is 5.01. The smallest absolute Gasteiger partial charge is 0.228 e. The Morgan fingerprint density at radius 3 is 1.04 bits per heavy atom. The van der Waals surface area contributed by atoms with Gasteiger partial charge in [0.2, 0.25) is 0 Å². The van der Waals surface area contributed by atoms with Gasteiger partial charge < -0.3 is 0 Å². The van der Waals surface area contributed by atoms with Crippen molar-refractivity contribution in [1.29, 1.82) is 0 Å². The molecule has 0 N–H and O–H groups in total. The fraction of sp³-hybridized carbons (Fsp3) is 0.125. The Hall–Kier alpha value is -1.73. The molecule has 0 saturated heterocycles. The summed E-state index contributed by atoms with van der Waals surface area (Å²) < 4.78 is 0. The quantitative estimate of drug-likeness (QED) is 0.498. The van der Waals surface area contributed by atoms with Crippen LogP contribution >= 0.6 is 0 Å². The Labute approximate surface area is 176 Å². The molecule has 0 aliphatic heterocycles. The van der Waals surface area contributed by atoms with Gasteiger partial charge in [0.15, 0.2) is 0 Å². The molecule has 0 heterocycles. The summed E-state index contributed by atoms with van der Waals surface area (Å²) in [5, 5.41) is 0. The molecule has 0 bridgehead atoms. The predicted molar refractivity (Wildman–Crippen MR) is 108 cm³/mol. The molecule has 1 heteroatoms. The van der Waals surface area contributed by atoms with Gasteiger partial charge in [-0.15, -0.1) is 30.7 Å². The van der Waals surface area contributed by atoms with Gasteiger partial charge in [0.05, 0.1) is 0 Å². The second kappa shape index (κ2) is 20.3. The SMILES string of the molecule is C1=CCC=C[CH-]1.C1=C[CH-]CC=C1.C1=C[CH-]CC=C1.[Na+].c1ccccc1. The van der Waals surface area contributed by atoms with Crippen LogP contribution in [-0.4, -0.2) is 0 Å². The minimum atomic E-state index is 0. The van der Waals surface area contributed by atoms with E-state index in [0.717, 1.165) is 19.3 Å². The van der Waals surface area contributed by atoms with Crippen molar-refractivity contribution in [3.05, 3.63) is 129 Å². The molecule has 1 aromatic carbocycles. The largest absolute Gasteiger partial charge is 1.00 e. The summed E-state index contributed by atoms with van der Waals surface area (Å²) in [5.41, 5.74) is 0. The Kier molecular flexibility index (Phi) is 18.9. The van der Waals surface area contributed by atoms with Crippen molar-refractivity contribution in [2.45, 2.75) is 19.3 Å². The van der Waals surface area contributed by atoms with E-state index in [1.54, 1.807) is 0 Å². The summed E-state index contributed by atoms with van der Waals surface area (Å²) in [6.07, 6.45) is 34.5. The Morgan fingerprint density at radius 1 is 0.480 bits per heavy atom. The Bertz CT molecular complexity index is 450. The first-order chi connectivity index (χ1) is 12.0. The van der Waals surface area contributed by atoms with Gasteiger partial charge in [-0.25, -0.2) is 37.1 Å². The normalized spacial score (nSPS) is 14.4. The van der Waals surface area contributed by atoms with Gasteiger partial charge in [0, 0.05) is 0 Å². The van der Waals surface area contributed by atoms with Crippen LogP contribution in [0.5, 0.6) is 0 Å². The van der Waals surface area contributed by atoms with Crippen LogP contribution in [0.3, 0.4) is 0 Å². The average molecular weight is 338 g/mol. The van der Waals surface area contributed by atoms with Gasteiger partial charge >= 0.3 is 29.6 Å². The zero-order chi connectivity index (χ0) is 17.0. The third kappa shape index (κ3) is 18.4. The first-order valence-corrected chi connectivity index (χ1v) is 8.45.